The standard InChI is InChI=1S/C17H15Cl2N5O/c18-15-3-1-12(9-16(15)19)2-4-17(25)21-10-13-11-24(23-22-13)14-5-7-20-8-6-14/h1,3,5-9,11H,2,4,10H2,(H,21,25). The van der Waals surface area contributed by atoms with E-state index in [0.717, 1.165) is 11.3 Å². The van der Waals surface area contributed by atoms with Crippen molar-refractivity contribution in [3.63, 3.8) is 0 Å². The molecule has 0 aliphatic heterocycles. The van der Waals surface area contributed by atoms with Crippen molar-refractivity contribution in [3.8, 4) is 5.69 Å². The predicted molar refractivity (Wildman–Crippen MR) is 95.8 cm³/mol. The summed E-state index contributed by atoms with van der Waals surface area (Å²) < 4.78 is 1.64. The van der Waals surface area contributed by atoms with Crippen molar-refractivity contribution in [3.05, 3.63) is 70.2 Å². The summed E-state index contributed by atoms with van der Waals surface area (Å²) in [6.45, 7) is 0.325. The number of aryl methyl sites for hydroxylation is 1. The minimum absolute atomic E-state index is 0.0652. The van der Waals surface area contributed by atoms with Crippen LogP contribution in [0.5, 0.6) is 0 Å². The molecule has 0 bridgehead atoms. The summed E-state index contributed by atoms with van der Waals surface area (Å²) in [4.78, 5) is 15.9. The molecule has 0 aliphatic carbocycles. The maximum atomic E-state index is 12.0. The maximum absolute atomic E-state index is 12.0. The summed E-state index contributed by atoms with van der Waals surface area (Å²) in [6, 6.07) is 9.02. The maximum Gasteiger partial charge on any atom is 0.220 e. The third-order valence-electron chi connectivity index (χ3n) is 3.56. The van der Waals surface area contributed by atoms with Crippen molar-refractivity contribution >= 4 is 29.1 Å². The quantitative estimate of drug-likeness (QED) is 0.717. The number of nitrogens with zero attached hydrogens (tertiary/aromatic N) is 4. The number of hydrogen-bond acceptors (Lipinski definition) is 4. The van der Waals surface area contributed by atoms with Gasteiger partial charge in [-0.1, -0.05) is 34.5 Å². The average molecular weight is 376 g/mol. The Bertz CT molecular complexity index is 866. The number of rotatable bonds is 6. The van der Waals surface area contributed by atoms with Crippen LogP contribution in [0.25, 0.3) is 5.69 Å². The van der Waals surface area contributed by atoms with Gasteiger partial charge in [0.1, 0.15) is 5.69 Å². The fraction of sp³-hybridized carbons (Fsp3) is 0.176. The van der Waals surface area contributed by atoms with Gasteiger partial charge < -0.3 is 5.32 Å². The van der Waals surface area contributed by atoms with Crippen molar-refractivity contribution < 1.29 is 4.79 Å². The number of carbonyl (C=O) groups excluding carboxylic acids is 1. The number of carbonyl (C=O) groups is 1. The topological polar surface area (TPSA) is 72.7 Å². The van der Waals surface area contributed by atoms with Gasteiger partial charge in [-0.15, -0.1) is 5.10 Å². The van der Waals surface area contributed by atoms with Crippen molar-refractivity contribution in [2.45, 2.75) is 19.4 Å². The second-order valence-electron chi connectivity index (χ2n) is 5.39. The number of halogens is 2. The zero-order valence-corrected chi connectivity index (χ0v) is 14.7. The molecule has 128 valence electrons. The number of hydrogen-bond donors (Lipinski definition) is 1. The molecule has 6 nitrogen and oxygen atoms in total. The van der Waals surface area contributed by atoms with Crippen LogP contribution >= 0.6 is 23.2 Å². The van der Waals surface area contributed by atoms with Crippen LogP contribution in [0.3, 0.4) is 0 Å². The number of nitrogens with one attached hydrogen (secondary N) is 1. The second-order valence-corrected chi connectivity index (χ2v) is 6.20. The number of amides is 1. The summed E-state index contributed by atoms with van der Waals surface area (Å²) >= 11 is 11.8. The van der Waals surface area contributed by atoms with E-state index in [4.69, 9.17) is 23.2 Å². The van der Waals surface area contributed by atoms with Crippen LogP contribution in [0, 0.1) is 0 Å². The van der Waals surface area contributed by atoms with Gasteiger partial charge in [-0.05, 0) is 36.2 Å². The highest BCUT2D eigenvalue weighted by Crippen LogP contribution is 2.23. The molecular weight excluding hydrogens is 361 g/mol. The molecular formula is C17H15Cl2N5O. The molecule has 0 aliphatic rings. The first kappa shape index (κ1) is 17.4. The first-order valence-corrected chi connectivity index (χ1v) is 8.39. The van der Waals surface area contributed by atoms with Crippen LogP contribution in [0.2, 0.25) is 10.0 Å². The smallest absolute Gasteiger partial charge is 0.220 e. The van der Waals surface area contributed by atoms with E-state index < -0.39 is 0 Å². The van der Waals surface area contributed by atoms with Crippen molar-refractivity contribution in [2.75, 3.05) is 0 Å². The summed E-state index contributed by atoms with van der Waals surface area (Å²) in [5, 5.41) is 11.9. The summed E-state index contributed by atoms with van der Waals surface area (Å²) in [5.41, 5.74) is 2.51. The highest BCUT2D eigenvalue weighted by atomic mass is 35.5. The van der Waals surface area contributed by atoms with Crippen molar-refractivity contribution in [1.29, 1.82) is 0 Å². The van der Waals surface area contributed by atoms with E-state index in [9.17, 15) is 4.79 Å². The highest BCUT2D eigenvalue weighted by molar-refractivity contribution is 6.42. The van der Waals surface area contributed by atoms with E-state index >= 15 is 0 Å². The Labute approximate surface area is 154 Å². The van der Waals surface area contributed by atoms with Crippen molar-refractivity contribution in [2.24, 2.45) is 0 Å². The van der Waals surface area contributed by atoms with Gasteiger partial charge in [0.05, 0.1) is 28.5 Å². The van der Waals surface area contributed by atoms with Gasteiger partial charge in [0.25, 0.3) is 0 Å². The molecule has 1 N–H and O–H groups in total. The molecule has 25 heavy (non-hydrogen) atoms. The Morgan fingerprint density at radius 3 is 2.68 bits per heavy atom. The SMILES string of the molecule is O=C(CCc1ccc(Cl)c(Cl)c1)NCc1cn(-c2ccncc2)nn1. The van der Waals surface area contributed by atoms with E-state index in [-0.39, 0.29) is 5.91 Å². The third-order valence-corrected chi connectivity index (χ3v) is 4.30. The van der Waals surface area contributed by atoms with Gasteiger partial charge in [-0.2, -0.15) is 0 Å². The van der Waals surface area contributed by atoms with Crippen molar-refractivity contribution in [1.82, 2.24) is 25.3 Å². The number of pyridine rings is 1. The molecule has 0 unspecified atom stereocenters. The van der Waals surface area contributed by atoms with E-state index in [1.54, 1.807) is 35.4 Å². The van der Waals surface area contributed by atoms with E-state index in [2.05, 4.69) is 20.6 Å². The zero-order chi connectivity index (χ0) is 17.6. The minimum atomic E-state index is -0.0652. The average Bonchev–Trinajstić information content (AvgIpc) is 3.11. The van der Waals surface area contributed by atoms with Crippen LogP contribution in [0.1, 0.15) is 17.7 Å². The molecule has 2 heterocycles. The van der Waals surface area contributed by atoms with E-state index in [1.807, 2.05) is 18.2 Å². The summed E-state index contributed by atoms with van der Waals surface area (Å²) in [7, 11) is 0. The molecule has 1 aromatic carbocycles. The molecule has 0 atom stereocenters. The zero-order valence-electron chi connectivity index (χ0n) is 13.2. The minimum Gasteiger partial charge on any atom is -0.350 e. The molecule has 3 aromatic rings. The molecule has 0 radical (unpaired) electrons. The molecule has 0 fully saturated rings. The molecule has 8 heteroatoms. The molecule has 0 saturated carbocycles. The van der Waals surface area contributed by atoms with Crippen LogP contribution in [-0.2, 0) is 17.8 Å². The fourth-order valence-electron chi connectivity index (χ4n) is 2.23. The Balaban J connectivity index is 1.49. The summed E-state index contributed by atoms with van der Waals surface area (Å²) in [5.74, 6) is -0.0652. The molecule has 3 rings (SSSR count). The van der Waals surface area contributed by atoms with Gasteiger partial charge in [0.15, 0.2) is 0 Å². The lowest BCUT2D eigenvalue weighted by Crippen LogP contribution is -2.23. The van der Waals surface area contributed by atoms with E-state index in [1.165, 1.54) is 0 Å². The fourth-order valence-corrected chi connectivity index (χ4v) is 2.55. The lowest BCUT2D eigenvalue weighted by atomic mass is 10.1. The monoisotopic (exact) mass is 375 g/mol. The number of benzene rings is 1. The highest BCUT2D eigenvalue weighted by Gasteiger charge is 2.07. The van der Waals surface area contributed by atoms with Gasteiger partial charge >= 0.3 is 0 Å². The second kappa shape index (κ2) is 8.09. The Hall–Kier alpha value is -2.44. The Morgan fingerprint density at radius 2 is 1.92 bits per heavy atom. The van der Waals surface area contributed by atoms with Gasteiger partial charge in [0.2, 0.25) is 5.91 Å². The predicted octanol–water partition coefficient (Wildman–Crippen LogP) is 3.22. The Morgan fingerprint density at radius 1 is 1.12 bits per heavy atom. The van der Waals surface area contributed by atoms with Crippen LogP contribution in [0.15, 0.2) is 48.9 Å². The third kappa shape index (κ3) is 4.78. The van der Waals surface area contributed by atoms with Gasteiger partial charge in [-0.25, -0.2) is 4.68 Å². The lowest BCUT2D eigenvalue weighted by molar-refractivity contribution is -0.121. The Kier molecular flexibility index (Phi) is 5.63. The number of aromatic nitrogens is 4. The van der Waals surface area contributed by atoms with Gasteiger partial charge in [-0.3, -0.25) is 9.78 Å². The molecule has 2 aromatic heterocycles. The van der Waals surface area contributed by atoms with E-state index in [0.29, 0.717) is 35.1 Å². The largest absolute Gasteiger partial charge is 0.350 e. The van der Waals surface area contributed by atoms with Gasteiger partial charge in [0, 0.05) is 18.8 Å². The molecule has 0 spiro atoms. The summed E-state index contributed by atoms with van der Waals surface area (Å²) in [6.07, 6.45) is 6.08. The molecule has 1 amide bonds. The lowest BCUT2D eigenvalue weighted by Gasteiger charge is -2.04. The normalized spacial score (nSPS) is 10.6. The molecule has 0 saturated heterocycles. The van der Waals surface area contributed by atoms with Crippen LogP contribution in [0.4, 0.5) is 0 Å². The van der Waals surface area contributed by atoms with Crippen LogP contribution < -0.4 is 5.32 Å². The van der Waals surface area contributed by atoms with Crippen LogP contribution in [-0.4, -0.2) is 25.9 Å². The first-order chi connectivity index (χ1) is 12.1. The first-order valence-electron chi connectivity index (χ1n) is 7.64.